The van der Waals surface area contributed by atoms with Gasteiger partial charge in [-0.05, 0) is 51.6 Å². The molecule has 0 aliphatic carbocycles. The Labute approximate surface area is 152 Å². The number of hydrogen-bond donors (Lipinski definition) is 2. The summed E-state index contributed by atoms with van der Waals surface area (Å²) in [4.78, 5) is 6.87. The second-order valence-corrected chi connectivity index (χ2v) is 6.61. The Morgan fingerprint density at radius 1 is 1.36 bits per heavy atom. The van der Waals surface area contributed by atoms with Gasteiger partial charge in [-0.15, -0.1) is 24.0 Å². The van der Waals surface area contributed by atoms with Crippen LogP contribution in [0, 0.1) is 5.92 Å². The molecule has 0 saturated carbocycles. The Kier molecular flexibility index (Phi) is 9.01. The minimum absolute atomic E-state index is 0. The van der Waals surface area contributed by atoms with Gasteiger partial charge < -0.3 is 20.3 Å². The molecule has 2 rings (SSSR count). The van der Waals surface area contributed by atoms with Gasteiger partial charge in [0, 0.05) is 33.3 Å². The zero-order valence-electron chi connectivity index (χ0n) is 14.4. The second-order valence-electron chi connectivity index (χ2n) is 6.61. The second kappa shape index (κ2) is 9.93. The van der Waals surface area contributed by atoms with Crippen LogP contribution in [0.3, 0.4) is 0 Å². The van der Waals surface area contributed by atoms with Crippen LogP contribution < -0.4 is 10.6 Å². The quantitative estimate of drug-likeness (QED) is 0.403. The van der Waals surface area contributed by atoms with Gasteiger partial charge >= 0.3 is 0 Å². The summed E-state index contributed by atoms with van der Waals surface area (Å²) in [6.07, 6.45) is 4.93. The lowest BCUT2D eigenvalue weighted by Gasteiger charge is -2.32. The van der Waals surface area contributed by atoms with Crippen molar-refractivity contribution in [2.75, 3.05) is 46.4 Å². The molecule has 2 aliphatic heterocycles. The number of nitrogens with zero attached hydrogens (tertiary/aromatic N) is 2. The number of guanidine groups is 1. The highest BCUT2D eigenvalue weighted by molar-refractivity contribution is 14.0. The highest BCUT2D eigenvalue weighted by Crippen LogP contribution is 2.23. The van der Waals surface area contributed by atoms with E-state index in [4.69, 9.17) is 4.74 Å². The molecule has 0 bridgehead atoms. The maximum atomic E-state index is 5.81. The normalized spacial score (nSPS) is 30.0. The Bertz CT molecular complexity index is 345. The van der Waals surface area contributed by atoms with Crippen molar-refractivity contribution in [2.45, 2.75) is 45.1 Å². The number of aliphatic imine (C=N–C) groups is 1. The number of piperidine rings is 1. The molecular formula is C16H33IN4O. The molecule has 0 spiro atoms. The smallest absolute Gasteiger partial charge is 0.191 e. The number of likely N-dealkylation sites (tertiary alicyclic amines) is 1. The average molecular weight is 424 g/mol. The van der Waals surface area contributed by atoms with E-state index in [2.05, 4.69) is 34.4 Å². The van der Waals surface area contributed by atoms with Crippen LogP contribution >= 0.6 is 24.0 Å². The first-order valence-electron chi connectivity index (χ1n) is 8.46. The fourth-order valence-electron chi connectivity index (χ4n) is 3.31. The zero-order chi connectivity index (χ0) is 15.1. The lowest BCUT2D eigenvalue weighted by atomic mass is 9.98. The molecule has 5 nitrogen and oxygen atoms in total. The van der Waals surface area contributed by atoms with Crippen LogP contribution in [-0.2, 0) is 4.74 Å². The molecule has 0 aromatic carbocycles. The van der Waals surface area contributed by atoms with Crippen molar-refractivity contribution >= 4 is 29.9 Å². The lowest BCUT2D eigenvalue weighted by molar-refractivity contribution is 0.0242. The summed E-state index contributed by atoms with van der Waals surface area (Å²) in [5.74, 6) is 1.64. The Hall–Kier alpha value is -0.0800. The van der Waals surface area contributed by atoms with Crippen molar-refractivity contribution in [1.82, 2.24) is 15.5 Å². The van der Waals surface area contributed by atoms with Crippen LogP contribution in [0.1, 0.15) is 39.5 Å². The van der Waals surface area contributed by atoms with Crippen LogP contribution in [0.15, 0.2) is 4.99 Å². The van der Waals surface area contributed by atoms with Crippen LogP contribution in [0.4, 0.5) is 0 Å². The maximum Gasteiger partial charge on any atom is 0.191 e. The molecule has 130 valence electrons. The van der Waals surface area contributed by atoms with E-state index in [9.17, 15) is 0 Å². The minimum Gasteiger partial charge on any atom is -0.373 e. The van der Waals surface area contributed by atoms with Crippen molar-refractivity contribution in [2.24, 2.45) is 10.9 Å². The van der Waals surface area contributed by atoms with Crippen molar-refractivity contribution in [3.63, 3.8) is 0 Å². The van der Waals surface area contributed by atoms with Gasteiger partial charge in [0.25, 0.3) is 0 Å². The number of hydrogen-bond acceptors (Lipinski definition) is 3. The van der Waals surface area contributed by atoms with Crippen LogP contribution in [0.5, 0.6) is 0 Å². The molecule has 0 aromatic heterocycles. The molecule has 2 atom stereocenters. The molecule has 2 N–H and O–H groups in total. The van der Waals surface area contributed by atoms with E-state index in [1.807, 2.05) is 7.05 Å². The van der Waals surface area contributed by atoms with Crippen molar-refractivity contribution < 1.29 is 4.74 Å². The third-order valence-electron chi connectivity index (χ3n) is 4.76. The van der Waals surface area contributed by atoms with E-state index < -0.39 is 0 Å². The first kappa shape index (κ1) is 20.0. The molecule has 0 amide bonds. The van der Waals surface area contributed by atoms with Gasteiger partial charge in [-0.3, -0.25) is 4.99 Å². The molecule has 2 heterocycles. The van der Waals surface area contributed by atoms with E-state index in [0.717, 1.165) is 38.0 Å². The topological polar surface area (TPSA) is 48.9 Å². The fourth-order valence-corrected chi connectivity index (χ4v) is 3.31. The summed E-state index contributed by atoms with van der Waals surface area (Å²) in [6, 6.07) is 0. The summed E-state index contributed by atoms with van der Waals surface area (Å²) in [5, 5.41) is 6.90. The monoisotopic (exact) mass is 424 g/mol. The standard InChI is InChI=1S/C16H32N4O.HI/c1-4-20-9-5-7-14(12-20)11-18-15(17-3)19-13-16(2)8-6-10-21-16;/h14H,4-13H2,1-3H3,(H2,17,18,19);1H. The van der Waals surface area contributed by atoms with E-state index in [-0.39, 0.29) is 29.6 Å². The van der Waals surface area contributed by atoms with Crippen LogP contribution in [-0.4, -0.2) is 62.8 Å². The van der Waals surface area contributed by atoms with Crippen LogP contribution in [0.2, 0.25) is 0 Å². The first-order valence-corrected chi connectivity index (χ1v) is 8.46. The van der Waals surface area contributed by atoms with Gasteiger partial charge in [-0.2, -0.15) is 0 Å². The fraction of sp³-hybridized carbons (Fsp3) is 0.938. The van der Waals surface area contributed by atoms with Gasteiger partial charge in [0.2, 0.25) is 0 Å². The number of nitrogens with one attached hydrogen (secondary N) is 2. The summed E-state index contributed by atoms with van der Waals surface area (Å²) in [5.41, 5.74) is -0.0263. The Morgan fingerprint density at radius 2 is 2.18 bits per heavy atom. The molecule has 0 aromatic rings. The van der Waals surface area contributed by atoms with Crippen LogP contribution in [0.25, 0.3) is 0 Å². The predicted octanol–water partition coefficient (Wildman–Crippen LogP) is 2.07. The molecular weight excluding hydrogens is 391 g/mol. The molecule has 2 saturated heterocycles. The summed E-state index contributed by atoms with van der Waals surface area (Å²) in [6.45, 7) is 10.8. The van der Waals surface area contributed by atoms with Crippen molar-refractivity contribution in [3.05, 3.63) is 0 Å². The van der Waals surface area contributed by atoms with E-state index in [0.29, 0.717) is 0 Å². The molecule has 2 fully saturated rings. The number of ether oxygens (including phenoxy) is 1. The molecule has 2 unspecified atom stereocenters. The molecule has 6 heteroatoms. The van der Waals surface area contributed by atoms with Gasteiger partial charge in [-0.25, -0.2) is 0 Å². The van der Waals surface area contributed by atoms with Gasteiger partial charge in [0.1, 0.15) is 0 Å². The third kappa shape index (κ3) is 6.20. The number of rotatable bonds is 5. The van der Waals surface area contributed by atoms with Gasteiger partial charge in [0.05, 0.1) is 5.60 Å². The molecule has 22 heavy (non-hydrogen) atoms. The van der Waals surface area contributed by atoms with Gasteiger partial charge in [-0.1, -0.05) is 6.92 Å². The highest BCUT2D eigenvalue weighted by atomic mass is 127. The SMILES string of the molecule is CCN1CCCC(CNC(=NC)NCC2(C)CCCO2)C1.I. The van der Waals surface area contributed by atoms with Crippen molar-refractivity contribution in [3.8, 4) is 0 Å². The van der Waals surface area contributed by atoms with Crippen molar-refractivity contribution in [1.29, 1.82) is 0 Å². The predicted molar refractivity (Wildman–Crippen MR) is 103 cm³/mol. The van der Waals surface area contributed by atoms with Gasteiger partial charge in [0.15, 0.2) is 5.96 Å². The summed E-state index contributed by atoms with van der Waals surface area (Å²) >= 11 is 0. The maximum absolute atomic E-state index is 5.81. The Morgan fingerprint density at radius 3 is 2.82 bits per heavy atom. The largest absolute Gasteiger partial charge is 0.373 e. The Balaban J connectivity index is 0.00000242. The average Bonchev–Trinajstić information content (AvgIpc) is 2.95. The summed E-state index contributed by atoms with van der Waals surface area (Å²) < 4.78 is 5.81. The zero-order valence-corrected chi connectivity index (χ0v) is 16.7. The first-order chi connectivity index (χ1) is 10.1. The number of halogens is 1. The molecule has 0 radical (unpaired) electrons. The third-order valence-corrected chi connectivity index (χ3v) is 4.76. The highest BCUT2D eigenvalue weighted by Gasteiger charge is 2.29. The summed E-state index contributed by atoms with van der Waals surface area (Å²) in [7, 11) is 1.84. The lowest BCUT2D eigenvalue weighted by Crippen LogP contribution is -2.48. The molecule has 2 aliphatic rings. The van der Waals surface area contributed by atoms with E-state index in [1.165, 1.54) is 38.9 Å². The van der Waals surface area contributed by atoms with E-state index in [1.54, 1.807) is 0 Å². The minimum atomic E-state index is -0.0263. The van der Waals surface area contributed by atoms with E-state index >= 15 is 0 Å².